The first-order chi connectivity index (χ1) is 7.25. The number of rotatable bonds is 2. The molecule has 5 heteroatoms. The Balaban J connectivity index is 2.09. The monoisotopic (exact) mass is 207 g/mol. The first-order valence-electron chi connectivity index (χ1n) is 4.14. The first kappa shape index (κ1) is 9.39. The third kappa shape index (κ3) is 2.19. The zero-order valence-electron chi connectivity index (χ0n) is 7.51. The van der Waals surface area contributed by atoms with Gasteiger partial charge in [0.1, 0.15) is 17.8 Å². The summed E-state index contributed by atoms with van der Waals surface area (Å²) in [6.07, 6.45) is 1.27. The van der Waals surface area contributed by atoms with Gasteiger partial charge in [-0.15, -0.1) is 0 Å². The van der Waals surface area contributed by atoms with Gasteiger partial charge in [-0.25, -0.2) is 9.18 Å². The molecule has 0 saturated carbocycles. The molecule has 0 N–H and O–H groups in total. The standard InChI is InChI=1S/C10H6FNO3/c11-7-1-3-8(4-2-7)15-10(13)9-5-6-14-12-9/h1-6H. The van der Waals surface area contributed by atoms with E-state index in [-0.39, 0.29) is 11.4 Å². The van der Waals surface area contributed by atoms with Gasteiger partial charge in [0.2, 0.25) is 0 Å². The number of carbonyl (C=O) groups is 1. The van der Waals surface area contributed by atoms with Crippen molar-refractivity contribution < 1.29 is 18.4 Å². The molecule has 0 aliphatic rings. The van der Waals surface area contributed by atoms with Crippen LogP contribution in [-0.2, 0) is 0 Å². The fraction of sp³-hybridized carbons (Fsp3) is 0. The van der Waals surface area contributed by atoms with Gasteiger partial charge in [0.05, 0.1) is 0 Å². The van der Waals surface area contributed by atoms with Crippen LogP contribution in [0, 0.1) is 5.82 Å². The fourth-order valence-corrected chi connectivity index (χ4v) is 0.980. The van der Waals surface area contributed by atoms with Gasteiger partial charge in [-0.05, 0) is 24.3 Å². The Kier molecular flexibility index (Phi) is 2.45. The van der Waals surface area contributed by atoms with Crippen molar-refractivity contribution in [2.75, 3.05) is 0 Å². The molecular formula is C10H6FNO3. The number of benzene rings is 1. The average Bonchev–Trinajstić information content (AvgIpc) is 2.74. The number of ether oxygens (including phenoxy) is 1. The highest BCUT2D eigenvalue weighted by Crippen LogP contribution is 2.12. The molecule has 76 valence electrons. The van der Waals surface area contributed by atoms with Crippen LogP contribution in [0.25, 0.3) is 0 Å². The molecule has 0 aliphatic carbocycles. The Morgan fingerprint density at radius 1 is 1.27 bits per heavy atom. The Labute approximate surface area is 84.3 Å². The summed E-state index contributed by atoms with van der Waals surface area (Å²) in [7, 11) is 0. The second-order valence-corrected chi connectivity index (χ2v) is 2.73. The average molecular weight is 207 g/mol. The molecule has 1 aromatic heterocycles. The van der Waals surface area contributed by atoms with E-state index in [1.54, 1.807) is 0 Å². The lowest BCUT2D eigenvalue weighted by Gasteiger charge is -2.00. The Bertz CT molecular complexity index is 450. The number of esters is 1. The third-order valence-electron chi connectivity index (χ3n) is 1.67. The maximum absolute atomic E-state index is 12.5. The molecule has 0 spiro atoms. The maximum atomic E-state index is 12.5. The molecule has 15 heavy (non-hydrogen) atoms. The molecule has 0 aliphatic heterocycles. The minimum Gasteiger partial charge on any atom is -0.422 e. The van der Waals surface area contributed by atoms with Gasteiger partial charge in [0, 0.05) is 6.07 Å². The highest BCUT2D eigenvalue weighted by molar-refractivity contribution is 5.88. The van der Waals surface area contributed by atoms with Crippen molar-refractivity contribution >= 4 is 5.97 Å². The molecule has 1 heterocycles. The molecular weight excluding hydrogens is 201 g/mol. The summed E-state index contributed by atoms with van der Waals surface area (Å²) in [6, 6.07) is 6.49. The van der Waals surface area contributed by atoms with E-state index in [0.717, 1.165) is 0 Å². The molecule has 0 unspecified atom stereocenters. The van der Waals surface area contributed by atoms with E-state index in [1.807, 2.05) is 0 Å². The zero-order chi connectivity index (χ0) is 10.7. The fourth-order valence-electron chi connectivity index (χ4n) is 0.980. The lowest BCUT2D eigenvalue weighted by Crippen LogP contribution is -2.08. The molecule has 4 nitrogen and oxygen atoms in total. The Morgan fingerprint density at radius 2 is 2.00 bits per heavy atom. The summed E-state index contributed by atoms with van der Waals surface area (Å²) in [6.45, 7) is 0. The van der Waals surface area contributed by atoms with E-state index in [4.69, 9.17) is 4.74 Å². The van der Waals surface area contributed by atoms with Crippen LogP contribution in [0.1, 0.15) is 10.5 Å². The van der Waals surface area contributed by atoms with Crippen LogP contribution >= 0.6 is 0 Å². The lowest BCUT2D eigenvalue weighted by molar-refractivity contribution is 0.0724. The van der Waals surface area contributed by atoms with Gasteiger partial charge >= 0.3 is 5.97 Å². The Morgan fingerprint density at radius 3 is 2.60 bits per heavy atom. The second kappa shape index (κ2) is 3.91. The summed E-state index contributed by atoms with van der Waals surface area (Å²) >= 11 is 0. The van der Waals surface area contributed by atoms with Gasteiger partial charge < -0.3 is 9.26 Å². The summed E-state index contributed by atoms with van der Waals surface area (Å²) in [5.74, 6) is -0.781. The van der Waals surface area contributed by atoms with Crippen LogP contribution in [0.2, 0.25) is 0 Å². The largest absolute Gasteiger partial charge is 0.422 e. The van der Waals surface area contributed by atoms with Crippen molar-refractivity contribution in [2.24, 2.45) is 0 Å². The summed E-state index contributed by atoms with van der Waals surface area (Å²) in [5.41, 5.74) is 0.0688. The lowest BCUT2D eigenvalue weighted by atomic mass is 10.3. The molecule has 0 bridgehead atoms. The van der Waals surface area contributed by atoms with E-state index in [2.05, 4.69) is 9.68 Å². The quantitative estimate of drug-likeness (QED) is 0.558. The number of nitrogens with zero attached hydrogens (tertiary/aromatic N) is 1. The number of carbonyl (C=O) groups excluding carboxylic acids is 1. The zero-order valence-corrected chi connectivity index (χ0v) is 7.51. The summed E-state index contributed by atoms with van der Waals surface area (Å²) in [5, 5.41) is 3.41. The summed E-state index contributed by atoms with van der Waals surface area (Å²) in [4.78, 5) is 11.3. The molecule has 2 rings (SSSR count). The van der Waals surface area contributed by atoms with E-state index < -0.39 is 11.8 Å². The van der Waals surface area contributed by atoms with Crippen LogP contribution < -0.4 is 4.74 Å². The van der Waals surface area contributed by atoms with Crippen molar-refractivity contribution in [2.45, 2.75) is 0 Å². The minimum atomic E-state index is -0.643. The van der Waals surface area contributed by atoms with Crippen LogP contribution in [0.5, 0.6) is 5.75 Å². The number of hydrogen-bond acceptors (Lipinski definition) is 4. The van der Waals surface area contributed by atoms with Gasteiger partial charge in [-0.1, -0.05) is 5.16 Å². The SMILES string of the molecule is O=C(Oc1ccc(F)cc1)c1ccon1. The minimum absolute atomic E-state index is 0.0688. The Hall–Kier alpha value is -2.17. The second-order valence-electron chi connectivity index (χ2n) is 2.73. The van der Waals surface area contributed by atoms with Crippen LogP contribution in [0.3, 0.4) is 0 Å². The van der Waals surface area contributed by atoms with Crippen molar-refractivity contribution in [3.05, 3.63) is 48.1 Å². The van der Waals surface area contributed by atoms with E-state index >= 15 is 0 Å². The molecule has 0 radical (unpaired) electrons. The highest BCUT2D eigenvalue weighted by atomic mass is 19.1. The molecule has 0 saturated heterocycles. The van der Waals surface area contributed by atoms with Gasteiger partial charge in [-0.3, -0.25) is 0 Å². The predicted octanol–water partition coefficient (Wildman–Crippen LogP) is 2.03. The van der Waals surface area contributed by atoms with Crippen molar-refractivity contribution in [1.82, 2.24) is 5.16 Å². The predicted molar refractivity (Wildman–Crippen MR) is 47.9 cm³/mol. The maximum Gasteiger partial charge on any atom is 0.365 e. The van der Waals surface area contributed by atoms with Crippen molar-refractivity contribution in [3.63, 3.8) is 0 Å². The molecule has 1 aromatic carbocycles. The summed E-state index contributed by atoms with van der Waals surface area (Å²) < 4.78 is 21.9. The van der Waals surface area contributed by atoms with E-state index in [0.29, 0.717) is 0 Å². The normalized spacial score (nSPS) is 9.93. The topological polar surface area (TPSA) is 52.3 Å². The third-order valence-corrected chi connectivity index (χ3v) is 1.67. The van der Waals surface area contributed by atoms with Crippen LogP contribution in [-0.4, -0.2) is 11.1 Å². The smallest absolute Gasteiger partial charge is 0.365 e. The first-order valence-corrected chi connectivity index (χ1v) is 4.14. The van der Waals surface area contributed by atoms with Gasteiger partial charge in [0.25, 0.3) is 0 Å². The van der Waals surface area contributed by atoms with E-state index in [1.165, 1.54) is 36.6 Å². The van der Waals surface area contributed by atoms with E-state index in [9.17, 15) is 9.18 Å². The molecule has 0 fully saturated rings. The van der Waals surface area contributed by atoms with Crippen LogP contribution in [0.15, 0.2) is 41.1 Å². The van der Waals surface area contributed by atoms with Crippen molar-refractivity contribution in [1.29, 1.82) is 0 Å². The number of aromatic nitrogens is 1. The van der Waals surface area contributed by atoms with Gasteiger partial charge in [-0.2, -0.15) is 0 Å². The molecule has 2 aromatic rings. The highest BCUT2D eigenvalue weighted by Gasteiger charge is 2.11. The molecule has 0 amide bonds. The number of hydrogen-bond donors (Lipinski definition) is 0. The molecule has 0 atom stereocenters. The van der Waals surface area contributed by atoms with Gasteiger partial charge in [0.15, 0.2) is 5.69 Å². The van der Waals surface area contributed by atoms with Crippen LogP contribution in [0.4, 0.5) is 4.39 Å². The number of halogens is 1. The van der Waals surface area contributed by atoms with Crippen molar-refractivity contribution in [3.8, 4) is 5.75 Å².